The average Bonchev–Trinajstić information content (AvgIpc) is 2.98. The van der Waals surface area contributed by atoms with E-state index >= 15 is 0 Å². The Bertz CT molecular complexity index is 1280. The van der Waals surface area contributed by atoms with Gasteiger partial charge in [-0.15, -0.1) is 0 Å². The lowest BCUT2D eigenvalue weighted by molar-refractivity contribution is -0.137. The third-order valence-electron chi connectivity index (χ3n) is 4.54. The lowest BCUT2D eigenvalue weighted by Crippen LogP contribution is -2.16. The fraction of sp³-hybridized carbons (Fsp3) is 0.100. The number of aryl methyl sites for hydroxylation is 1. The molecule has 0 saturated carbocycles. The first kappa shape index (κ1) is 19.1. The average molecular weight is 420 g/mol. The lowest BCUT2D eigenvalue weighted by Gasteiger charge is -2.12. The smallest absolute Gasteiger partial charge is 0.417 e. The fourth-order valence-electron chi connectivity index (χ4n) is 3.23. The van der Waals surface area contributed by atoms with E-state index in [1.807, 2.05) is 0 Å². The molecule has 2 heterocycles. The van der Waals surface area contributed by atoms with Crippen LogP contribution in [0.2, 0.25) is 5.02 Å². The molecule has 2 aromatic carbocycles. The largest absolute Gasteiger partial charge is 0.507 e. The Hall–Kier alpha value is -3.26. The van der Waals surface area contributed by atoms with E-state index in [1.165, 1.54) is 13.0 Å². The summed E-state index contributed by atoms with van der Waals surface area (Å²) in [5.74, 6) is -0.604. The van der Waals surface area contributed by atoms with Gasteiger partial charge in [0.15, 0.2) is 5.65 Å². The minimum atomic E-state index is -4.63. The van der Waals surface area contributed by atoms with Gasteiger partial charge in [0.25, 0.3) is 5.91 Å². The number of carbonyl (C=O) groups excluding carboxylic acids is 1. The number of aromatic hydroxyl groups is 1. The van der Waals surface area contributed by atoms with E-state index < -0.39 is 17.6 Å². The molecule has 0 aliphatic rings. The summed E-state index contributed by atoms with van der Waals surface area (Å²) in [5, 5.41) is 13.6. The Balaban J connectivity index is 1.83. The molecule has 148 valence electrons. The van der Waals surface area contributed by atoms with Crippen molar-refractivity contribution in [3.8, 4) is 5.75 Å². The highest BCUT2D eigenvalue weighted by Crippen LogP contribution is 2.34. The minimum Gasteiger partial charge on any atom is -0.507 e. The van der Waals surface area contributed by atoms with Gasteiger partial charge in [0.05, 0.1) is 16.3 Å². The van der Waals surface area contributed by atoms with Gasteiger partial charge in [-0.3, -0.25) is 9.20 Å². The number of nitrogens with one attached hydrogen (secondary N) is 1. The third-order valence-corrected chi connectivity index (χ3v) is 4.82. The zero-order valence-corrected chi connectivity index (χ0v) is 15.6. The number of benzene rings is 2. The Morgan fingerprint density at radius 2 is 1.86 bits per heavy atom. The van der Waals surface area contributed by atoms with Gasteiger partial charge in [-0.05, 0) is 25.1 Å². The molecule has 5 nitrogen and oxygen atoms in total. The summed E-state index contributed by atoms with van der Waals surface area (Å²) in [4.78, 5) is 17.1. The van der Waals surface area contributed by atoms with Gasteiger partial charge in [0.2, 0.25) is 0 Å². The standard InChI is InChI=1S/C20H13ClF3N3O2/c1-10-17(27-9-11(20(22,23)24)8-14(21)18(27)25-10)19(29)26-15-6-2-5-13-12(15)4-3-7-16(13)28/h2-9,28H,1H3,(H,26,29). The quantitative estimate of drug-likeness (QED) is 0.455. The highest BCUT2D eigenvalue weighted by atomic mass is 35.5. The first-order valence-corrected chi connectivity index (χ1v) is 8.82. The van der Waals surface area contributed by atoms with Gasteiger partial charge in [0.1, 0.15) is 11.4 Å². The molecule has 4 rings (SSSR count). The molecule has 0 unspecified atom stereocenters. The van der Waals surface area contributed by atoms with Crippen LogP contribution < -0.4 is 5.32 Å². The molecule has 9 heteroatoms. The highest BCUT2D eigenvalue weighted by molar-refractivity contribution is 6.33. The number of amides is 1. The molecule has 2 N–H and O–H groups in total. The number of phenolic OH excluding ortho intramolecular Hbond substituents is 1. The van der Waals surface area contributed by atoms with E-state index in [4.69, 9.17) is 11.6 Å². The SMILES string of the molecule is Cc1nc2c(Cl)cc(C(F)(F)F)cn2c1C(=O)Nc1cccc2c(O)cccc12. The van der Waals surface area contributed by atoms with Crippen molar-refractivity contribution in [2.24, 2.45) is 0 Å². The Morgan fingerprint density at radius 3 is 2.59 bits per heavy atom. The second-order valence-corrected chi connectivity index (χ2v) is 6.85. The highest BCUT2D eigenvalue weighted by Gasteiger charge is 2.33. The number of fused-ring (bicyclic) bond motifs is 2. The number of hydrogen-bond acceptors (Lipinski definition) is 3. The van der Waals surface area contributed by atoms with Crippen LogP contribution in [0.25, 0.3) is 16.4 Å². The van der Waals surface area contributed by atoms with E-state index in [1.54, 1.807) is 30.3 Å². The topological polar surface area (TPSA) is 66.6 Å². The number of hydrogen-bond donors (Lipinski definition) is 2. The van der Waals surface area contributed by atoms with Crippen LogP contribution in [0.4, 0.5) is 18.9 Å². The first-order chi connectivity index (χ1) is 13.7. The van der Waals surface area contributed by atoms with Crippen LogP contribution >= 0.6 is 11.6 Å². The van der Waals surface area contributed by atoms with E-state index in [0.717, 1.165) is 16.7 Å². The summed E-state index contributed by atoms with van der Waals surface area (Å²) in [5.41, 5.74) is -0.373. The molecule has 0 atom stereocenters. The Kier molecular flexibility index (Phi) is 4.38. The minimum absolute atomic E-state index is 0.0474. The maximum atomic E-state index is 13.2. The molecule has 0 saturated heterocycles. The van der Waals surface area contributed by atoms with E-state index in [9.17, 15) is 23.1 Å². The van der Waals surface area contributed by atoms with Crippen molar-refractivity contribution in [1.82, 2.24) is 9.38 Å². The van der Waals surface area contributed by atoms with Gasteiger partial charge in [-0.25, -0.2) is 4.98 Å². The van der Waals surface area contributed by atoms with E-state index in [0.29, 0.717) is 16.5 Å². The predicted octanol–water partition coefficient (Wildman–Crippen LogP) is 5.43. The first-order valence-electron chi connectivity index (χ1n) is 8.44. The van der Waals surface area contributed by atoms with Crippen molar-refractivity contribution in [2.45, 2.75) is 13.1 Å². The molecule has 2 aromatic heterocycles. The zero-order chi connectivity index (χ0) is 20.9. The number of anilines is 1. The van der Waals surface area contributed by atoms with Gasteiger partial charge >= 0.3 is 6.18 Å². The number of imidazole rings is 1. The molecule has 4 aromatic rings. The monoisotopic (exact) mass is 419 g/mol. The molecular weight excluding hydrogens is 407 g/mol. The van der Waals surface area contributed by atoms with Crippen LogP contribution in [-0.2, 0) is 6.18 Å². The summed E-state index contributed by atoms with van der Waals surface area (Å²) < 4.78 is 40.6. The number of rotatable bonds is 2. The van der Waals surface area contributed by atoms with Crippen LogP contribution in [0.5, 0.6) is 5.75 Å². The number of alkyl halides is 3. The lowest BCUT2D eigenvalue weighted by atomic mass is 10.1. The summed E-state index contributed by atoms with van der Waals surface area (Å²) in [7, 11) is 0. The zero-order valence-electron chi connectivity index (χ0n) is 14.9. The van der Waals surface area contributed by atoms with Crippen LogP contribution in [-0.4, -0.2) is 20.4 Å². The number of phenols is 1. The summed E-state index contributed by atoms with van der Waals surface area (Å²) in [6, 6.07) is 10.6. The molecule has 0 fully saturated rings. The van der Waals surface area contributed by atoms with Gasteiger partial charge in [0, 0.05) is 22.7 Å². The molecule has 1 amide bonds. The molecule has 0 bridgehead atoms. The number of halogens is 4. The number of nitrogens with zero attached hydrogens (tertiary/aromatic N) is 2. The molecule has 0 spiro atoms. The fourth-order valence-corrected chi connectivity index (χ4v) is 3.48. The van der Waals surface area contributed by atoms with Crippen molar-refractivity contribution in [3.05, 3.63) is 70.6 Å². The van der Waals surface area contributed by atoms with Crippen molar-refractivity contribution in [1.29, 1.82) is 0 Å². The van der Waals surface area contributed by atoms with Crippen LogP contribution in [0, 0.1) is 6.92 Å². The predicted molar refractivity (Wildman–Crippen MR) is 104 cm³/mol. The van der Waals surface area contributed by atoms with Gasteiger partial charge in [-0.2, -0.15) is 13.2 Å². The van der Waals surface area contributed by atoms with Crippen molar-refractivity contribution >= 4 is 39.6 Å². The van der Waals surface area contributed by atoms with Crippen molar-refractivity contribution < 1.29 is 23.1 Å². The molecule has 0 aliphatic heterocycles. The molecule has 0 radical (unpaired) electrons. The van der Waals surface area contributed by atoms with Gasteiger partial charge < -0.3 is 10.4 Å². The molecule has 0 aliphatic carbocycles. The summed E-state index contributed by atoms with van der Waals surface area (Å²) in [6.07, 6.45) is -3.83. The molecule has 29 heavy (non-hydrogen) atoms. The second kappa shape index (κ2) is 6.66. The number of carbonyl (C=O) groups is 1. The Morgan fingerprint density at radius 1 is 1.17 bits per heavy atom. The van der Waals surface area contributed by atoms with Crippen LogP contribution in [0.15, 0.2) is 48.7 Å². The summed E-state index contributed by atoms with van der Waals surface area (Å²) >= 11 is 5.97. The number of pyridine rings is 1. The summed E-state index contributed by atoms with van der Waals surface area (Å²) in [6.45, 7) is 1.51. The number of aromatic nitrogens is 2. The van der Waals surface area contributed by atoms with Gasteiger partial charge in [-0.1, -0.05) is 35.9 Å². The van der Waals surface area contributed by atoms with Crippen LogP contribution in [0.1, 0.15) is 21.7 Å². The van der Waals surface area contributed by atoms with E-state index in [2.05, 4.69) is 10.3 Å². The maximum Gasteiger partial charge on any atom is 0.417 e. The van der Waals surface area contributed by atoms with Crippen LogP contribution in [0.3, 0.4) is 0 Å². The van der Waals surface area contributed by atoms with Crippen molar-refractivity contribution in [2.75, 3.05) is 5.32 Å². The van der Waals surface area contributed by atoms with Crippen molar-refractivity contribution in [3.63, 3.8) is 0 Å². The Labute approximate surface area is 167 Å². The third kappa shape index (κ3) is 3.25. The second-order valence-electron chi connectivity index (χ2n) is 6.45. The normalized spacial score (nSPS) is 11.9. The maximum absolute atomic E-state index is 13.2. The van der Waals surface area contributed by atoms with E-state index in [-0.39, 0.29) is 27.8 Å². The molecular formula is C20H13ClF3N3O2.